The van der Waals surface area contributed by atoms with Crippen molar-refractivity contribution in [1.29, 1.82) is 0 Å². The standard InChI is InChI=1S/C21H18N2O.C19H14BrN3O.C15H14N2O2.2C15H14N2O.C14H11FN2O/c1-14-10-11-23(2)20(14)13-18-17-9-8-16(12-19(17)22-21(18)24)15-6-4-3-5-7-15;1-11-7-16(20)18(22-11)9-15-14-5-4-12(8-17(14)23-19(15)24)13-3-2-6-21-10-13;1-9-3-4-10(16-9)7-13-12-8-11(19-2)5-6-14(12)17-15(13)18;1-9-3-4-14-12(6-9)13(15(18)17-14)7-11-5-10(2)8-16-11;1-9-7-10(2)16-14(9)8-12-11-5-3-4-6-13(11)17-15(12)18;1-8-4-10(16-7-8)6-12-11-5-9(15)2-3-13(11)17-14(12)18/h3-13H,1-2H3,(H,22,24);2-10,22H,1H3,(H,23,24);3-8,16H,1-2H3,(H,17,18);2*3-8,16H,1-2H3,(H,17,18);2-7,16H,1H3,(H,17,18). The number of carbonyl (C=O) groups excluding carboxylic acids is 6. The topological polar surface area (TPSA) is 281 Å². The van der Waals surface area contributed by atoms with Gasteiger partial charge in [-0.15, -0.1) is 0 Å². The van der Waals surface area contributed by atoms with Crippen LogP contribution >= 0.6 is 15.9 Å². The fourth-order valence-corrected chi connectivity index (χ4v) is 15.4. The number of hydrogen-bond donors (Lipinski definition) is 11. The Morgan fingerprint density at radius 1 is 0.372 bits per heavy atom. The number of aromatic amines is 5. The fraction of sp³-hybridized carbons (Fsp3) is 0.101. The first-order valence-corrected chi connectivity index (χ1v) is 39.8. The summed E-state index contributed by atoms with van der Waals surface area (Å²) in [6, 6.07) is 63.8. The van der Waals surface area contributed by atoms with Gasteiger partial charge in [0, 0.05) is 161 Å². The van der Waals surface area contributed by atoms with Crippen LogP contribution in [0.3, 0.4) is 0 Å². The van der Waals surface area contributed by atoms with E-state index in [0.717, 1.165) is 185 Å². The van der Waals surface area contributed by atoms with Crippen molar-refractivity contribution >= 4 is 155 Å². The van der Waals surface area contributed by atoms with Gasteiger partial charge in [0.1, 0.15) is 11.6 Å². The predicted molar refractivity (Wildman–Crippen MR) is 488 cm³/mol. The zero-order valence-corrected chi connectivity index (χ0v) is 69.5. The molecule has 0 spiro atoms. The van der Waals surface area contributed by atoms with Crippen molar-refractivity contribution in [2.24, 2.45) is 7.05 Å². The van der Waals surface area contributed by atoms with Crippen LogP contribution in [0, 0.1) is 61.2 Å². The third-order valence-electron chi connectivity index (χ3n) is 20.9. The van der Waals surface area contributed by atoms with E-state index in [1.165, 1.54) is 12.1 Å². The van der Waals surface area contributed by atoms with Crippen LogP contribution in [0.5, 0.6) is 5.75 Å². The Labute approximate surface area is 706 Å². The molecule has 6 aliphatic heterocycles. The van der Waals surface area contributed by atoms with Crippen LogP contribution in [0.2, 0.25) is 0 Å². The van der Waals surface area contributed by atoms with E-state index in [9.17, 15) is 33.2 Å². The molecule has 6 aliphatic rings. The SMILES string of the molecule is COc1ccc2c(c1)C(=Cc1ccc(C)[nH]1)C(=O)N2.Cc1c[nH]c(C=C2C(=O)Nc3ccc(C)cc32)c1.Cc1c[nH]c(C=C2C(=O)Nc3ccc(F)cc32)c1.Cc1cc(Br)c(C=C2C(=O)Nc3cc(-c4cccnc4)ccc32)[nH]1.Cc1cc(C)c(C=C2C(=O)Nc3ccccc32)[nH]1.Cc1ccn(C)c1C=C1C(=O)Nc2cc(-c3ccccc3)ccc21. The van der Waals surface area contributed by atoms with Crippen LogP contribution in [0.1, 0.15) is 112 Å². The number of nitrogens with zero attached hydrogens (tertiary/aromatic N) is 2. The van der Waals surface area contributed by atoms with Gasteiger partial charge < -0.3 is 66.1 Å². The van der Waals surface area contributed by atoms with Crippen molar-refractivity contribution < 1.29 is 37.9 Å². The van der Waals surface area contributed by atoms with Gasteiger partial charge in [-0.1, -0.05) is 90.5 Å². The van der Waals surface area contributed by atoms with Gasteiger partial charge in [0.2, 0.25) is 0 Å². The number of amides is 6. The number of carbonyl (C=O) groups is 6. The van der Waals surface area contributed by atoms with E-state index in [1.54, 1.807) is 25.4 Å². The molecule has 22 heteroatoms. The van der Waals surface area contributed by atoms with Crippen LogP contribution in [-0.2, 0) is 35.8 Å². The Bertz CT molecular complexity index is 6530. The number of rotatable bonds is 9. The van der Waals surface area contributed by atoms with E-state index < -0.39 is 0 Å². The number of benzene rings is 7. The summed E-state index contributed by atoms with van der Waals surface area (Å²) >= 11 is 3.51. The highest BCUT2D eigenvalue weighted by Crippen LogP contribution is 2.42. The molecule has 11 N–H and O–H groups in total. The number of methoxy groups -OCH3 is 1. The average Bonchev–Trinajstić information content (AvgIpc) is 1.65. The molecule has 7 aromatic carbocycles. The summed E-state index contributed by atoms with van der Waals surface area (Å²) in [6.45, 7) is 16.1. The van der Waals surface area contributed by atoms with E-state index in [-0.39, 0.29) is 41.3 Å². The second kappa shape index (κ2) is 35.0. The van der Waals surface area contributed by atoms with E-state index in [1.807, 2.05) is 267 Å². The molecule has 602 valence electrons. The molecule has 14 aromatic rings. The lowest BCUT2D eigenvalue weighted by atomic mass is 10.00. The quantitative estimate of drug-likeness (QED) is 0.0617. The number of anilines is 6. The number of H-pyrrole nitrogens is 5. The molecule has 7 aromatic heterocycles. The maximum atomic E-state index is 13.2. The van der Waals surface area contributed by atoms with E-state index in [0.29, 0.717) is 28.0 Å². The molecular formula is C99H85BrFN13O7. The highest BCUT2D eigenvalue weighted by molar-refractivity contribution is 9.10. The van der Waals surface area contributed by atoms with Crippen molar-refractivity contribution in [2.45, 2.75) is 55.4 Å². The summed E-state index contributed by atoms with van der Waals surface area (Å²) in [5.41, 5.74) is 33.0. The lowest BCUT2D eigenvalue weighted by molar-refractivity contribution is -0.111. The number of pyridine rings is 1. The molecule has 0 unspecified atom stereocenters. The number of aryl methyl sites for hydroxylation is 9. The second-order valence-corrected chi connectivity index (χ2v) is 30.9. The van der Waals surface area contributed by atoms with Gasteiger partial charge >= 0.3 is 0 Å². The van der Waals surface area contributed by atoms with Crippen LogP contribution in [0.15, 0.2) is 236 Å². The molecule has 20 rings (SSSR count). The minimum atomic E-state index is -0.348. The Morgan fingerprint density at radius 2 is 0.860 bits per heavy atom. The Balaban J connectivity index is 0.000000113. The molecule has 0 fully saturated rings. The predicted octanol–water partition coefficient (Wildman–Crippen LogP) is 21.2. The summed E-state index contributed by atoms with van der Waals surface area (Å²) in [4.78, 5) is 92.6. The molecule has 0 radical (unpaired) electrons. The first-order valence-electron chi connectivity index (χ1n) is 39.0. The number of nitrogens with one attached hydrogen (secondary N) is 11. The van der Waals surface area contributed by atoms with Crippen LogP contribution in [0.25, 0.3) is 92.1 Å². The minimum Gasteiger partial charge on any atom is -0.497 e. The molecule has 6 amide bonds. The number of hydrogen-bond acceptors (Lipinski definition) is 8. The van der Waals surface area contributed by atoms with Gasteiger partial charge in [-0.3, -0.25) is 33.8 Å². The Morgan fingerprint density at radius 3 is 1.38 bits per heavy atom. The first-order chi connectivity index (χ1) is 58.3. The van der Waals surface area contributed by atoms with Crippen LogP contribution < -0.4 is 36.6 Å². The maximum Gasteiger partial charge on any atom is 0.256 e. The normalized spacial score (nSPS) is 15.4. The first kappa shape index (κ1) is 81.0. The zero-order chi connectivity index (χ0) is 84.9. The van der Waals surface area contributed by atoms with Crippen molar-refractivity contribution in [2.75, 3.05) is 39.0 Å². The van der Waals surface area contributed by atoms with Crippen LogP contribution in [0.4, 0.5) is 38.5 Å². The van der Waals surface area contributed by atoms with E-state index >= 15 is 0 Å². The summed E-state index contributed by atoms with van der Waals surface area (Å²) < 4.78 is 21.4. The lowest BCUT2D eigenvalue weighted by Crippen LogP contribution is -2.04. The number of fused-ring (bicyclic) bond motifs is 6. The van der Waals surface area contributed by atoms with Crippen molar-refractivity contribution in [3.05, 3.63) is 354 Å². The maximum absolute atomic E-state index is 13.2. The van der Waals surface area contributed by atoms with Crippen LogP contribution in [-0.4, -0.2) is 77.0 Å². The van der Waals surface area contributed by atoms with Gasteiger partial charge in [-0.05, 0) is 262 Å². The molecular weight excluding hydrogens is 1580 g/mol. The van der Waals surface area contributed by atoms with E-state index in [4.69, 9.17) is 4.74 Å². The minimum absolute atomic E-state index is 0.0390. The monoisotopic (exact) mass is 1670 g/mol. The van der Waals surface area contributed by atoms with E-state index in [2.05, 4.69) is 115 Å². The van der Waals surface area contributed by atoms with Crippen molar-refractivity contribution in [1.82, 2.24) is 34.5 Å². The zero-order valence-electron chi connectivity index (χ0n) is 67.9. The number of ether oxygens (including phenoxy) is 1. The molecule has 0 bridgehead atoms. The van der Waals surface area contributed by atoms with Gasteiger partial charge in [-0.2, -0.15) is 0 Å². The van der Waals surface area contributed by atoms with Crippen molar-refractivity contribution in [3.8, 4) is 28.0 Å². The number of aromatic nitrogens is 7. The Kier molecular flexibility index (Phi) is 23.4. The van der Waals surface area contributed by atoms with Gasteiger partial charge in [-0.25, -0.2) is 4.39 Å². The third-order valence-corrected chi connectivity index (χ3v) is 21.6. The average molecular weight is 1670 g/mol. The highest BCUT2D eigenvalue weighted by atomic mass is 79.9. The van der Waals surface area contributed by atoms with Gasteiger partial charge in [0.25, 0.3) is 35.4 Å². The van der Waals surface area contributed by atoms with Gasteiger partial charge in [0.15, 0.2) is 0 Å². The third kappa shape index (κ3) is 18.2. The largest absolute Gasteiger partial charge is 0.497 e. The molecule has 0 atom stereocenters. The summed E-state index contributed by atoms with van der Waals surface area (Å²) in [7, 11) is 3.61. The lowest BCUT2D eigenvalue weighted by Gasteiger charge is -2.05. The van der Waals surface area contributed by atoms with Gasteiger partial charge in [0.05, 0.1) is 46.2 Å². The molecule has 13 heterocycles. The Hall–Kier alpha value is -15.2. The fourth-order valence-electron chi connectivity index (χ4n) is 14.9. The number of halogens is 2. The molecule has 0 saturated heterocycles. The summed E-state index contributed by atoms with van der Waals surface area (Å²) in [5, 5.41) is 17.3. The molecule has 121 heavy (non-hydrogen) atoms. The molecule has 20 nitrogen and oxygen atoms in total. The summed E-state index contributed by atoms with van der Waals surface area (Å²) in [5.74, 6) is -0.116. The molecule has 0 aliphatic carbocycles. The smallest absolute Gasteiger partial charge is 0.256 e. The number of para-hydroxylation sites is 1. The second-order valence-electron chi connectivity index (χ2n) is 30.0. The van der Waals surface area contributed by atoms with Crippen molar-refractivity contribution in [3.63, 3.8) is 0 Å². The summed E-state index contributed by atoms with van der Waals surface area (Å²) in [6.07, 6.45) is 20.6. The molecule has 0 saturated carbocycles. The highest BCUT2D eigenvalue weighted by Gasteiger charge is 2.31.